The summed E-state index contributed by atoms with van der Waals surface area (Å²) >= 11 is 7.75. The third-order valence-electron chi connectivity index (χ3n) is 3.76. The van der Waals surface area contributed by atoms with Crippen LogP contribution in [0.25, 0.3) is 10.4 Å². The summed E-state index contributed by atoms with van der Waals surface area (Å²) in [6.45, 7) is 10.4. The standard InChI is InChI=1S/C18H16ClNS.C4H10.C3H8/c19-16-8-6-15(7-9-16)18-11-10-17(21-18)13-20-12-14-4-2-1-3-5-14;1-3-4-2;1-3-2/h1-11,20H,12-13H2;3-4H2,1-2H3;3H2,1-2H3. The van der Waals surface area contributed by atoms with Crippen molar-refractivity contribution in [1.82, 2.24) is 5.32 Å². The SMILES string of the molecule is CCC.CCCC.Clc1ccc(-c2ccc(CNCc3ccccc3)s2)cc1. The van der Waals surface area contributed by atoms with Gasteiger partial charge >= 0.3 is 0 Å². The average molecular weight is 416 g/mol. The van der Waals surface area contributed by atoms with Crippen molar-refractivity contribution in [2.45, 2.75) is 60.0 Å². The molecule has 0 aliphatic heterocycles. The number of hydrogen-bond donors (Lipinski definition) is 1. The van der Waals surface area contributed by atoms with Gasteiger partial charge in [-0.2, -0.15) is 0 Å². The van der Waals surface area contributed by atoms with Gasteiger partial charge in [-0.05, 0) is 35.4 Å². The minimum Gasteiger partial charge on any atom is -0.308 e. The fraction of sp³-hybridized carbons (Fsp3) is 0.360. The molecular weight excluding hydrogens is 382 g/mol. The molecule has 0 aliphatic rings. The van der Waals surface area contributed by atoms with Gasteiger partial charge in [0.2, 0.25) is 0 Å². The highest BCUT2D eigenvalue weighted by molar-refractivity contribution is 7.15. The summed E-state index contributed by atoms with van der Waals surface area (Å²) in [5, 5.41) is 4.26. The Labute approximate surface area is 180 Å². The van der Waals surface area contributed by atoms with Crippen molar-refractivity contribution in [3.05, 3.63) is 82.2 Å². The summed E-state index contributed by atoms with van der Waals surface area (Å²) in [7, 11) is 0. The number of benzene rings is 2. The lowest BCUT2D eigenvalue weighted by Crippen LogP contribution is -2.11. The predicted octanol–water partition coefficient (Wildman–Crippen LogP) is 8.58. The van der Waals surface area contributed by atoms with E-state index < -0.39 is 0 Å². The number of thiophene rings is 1. The van der Waals surface area contributed by atoms with Crippen molar-refractivity contribution in [3.8, 4) is 10.4 Å². The number of hydrogen-bond acceptors (Lipinski definition) is 2. The minimum atomic E-state index is 0.778. The molecule has 3 rings (SSSR count). The van der Waals surface area contributed by atoms with Crippen molar-refractivity contribution in [2.75, 3.05) is 0 Å². The third-order valence-corrected chi connectivity index (χ3v) is 5.15. The molecule has 152 valence electrons. The first-order chi connectivity index (χ1) is 13.6. The fourth-order valence-corrected chi connectivity index (χ4v) is 3.28. The molecule has 1 aromatic heterocycles. The zero-order chi connectivity index (χ0) is 20.6. The Balaban J connectivity index is 0.000000489. The van der Waals surface area contributed by atoms with Crippen LogP contribution >= 0.6 is 22.9 Å². The van der Waals surface area contributed by atoms with Crippen molar-refractivity contribution in [1.29, 1.82) is 0 Å². The molecule has 28 heavy (non-hydrogen) atoms. The Kier molecular flexibility index (Phi) is 13.4. The highest BCUT2D eigenvalue weighted by atomic mass is 35.5. The zero-order valence-corrected chi connectivity index (χ0v) is 19.2. The summed E-state index contributed by atoms with van der Waals surface area (Å²) in [5.74, 6) is 0. The van der Waals surface area contributed by atoms with Gasteiger partial charge in [0, 0.05) is 27.9 Å². The maximum absolute atomic E-state index is 5.92. The van der Waals surface area contributed by atoms with Crippen LogP contribution in [-0.4, -0.2) is 0 Å². The molecule has 0 bridgehead atoms. The smallest absolute Gasteiger partial charge is 0.0406 e. The largest absolute Gasteiger partial charge is 0.308 e. The van der Waals surface area contributed by atoms with E-state index in [1.54, 1.807) is 0 Å². The highest BCUT2D eigenvalue weighted by Crippen LogP contribution is 2.28. The van der Waals surface area contributed by atoms with Gasteiger partial charge in [0.15, 0.2) is 0 Å². The van der Waals surface area contributed by atoms with E-state index in [9.17, 15) is 0 Å². The zero-order valence-electron chi connectivity index (χ0n) is 17.7. The third kappa shape index (κ3) is 10.1. The van der Waals surface area contributed by atoms with Crippen LogP contribution in [-0.2, 0) is 13.1 Å². The van der Waals surface area contributed by atoms with E-state index in [1.165, 1.54) is 40.1 Å². The topological polar surface area (TPSA) is 12.0 Å². The summed E-state index contributed by atoms with van der Waals surface area (Å²) in [4.78, 5) is 2.62. The van der Waals surface area contributed by atoms with Crippen LogP contribution in [0.4, 0.5) is 0 Å². The molecule has 0 atom stereocenters. The van der Waals surface area contributed by atoms with E-state index >= 15 is 0 Å². The van der Waals surface area contributed by atoms with Crippen molar-refractivity contribution in [2.24, 2.45) is 0 Å². The molecule has 1 heterocycles. The number of halogens is 1. The molecule has 0 unspecified atom stereocenters. The van der Waals surface area contributed by atoms with Crippen LogP contribution in [0.5, 0.6) is 0 Å². The van der Waals surface area contributed by atoms with Crippen LogP contribution < -0.4 is 5.32 Å². The van der Waals surface area contributed by atoms with Gasteiger partial charge < -0.3 is 5.32 Å². The molecule has 0 amide bonds. The Bertz CT molecular complexity index is 733. The lowest BCUT2D eigenvalue weighted by atomic mass is 10.2. The summed E-state index contributed by atoms with van der Waals surface area (Å²) in [6.07, 6.45) is 3.89. The second-order valence-electron chi connectivity index (χ2n) is 6.57. The van der Waals surface area contributed by atoms with Gasteiger partial charge in [-0.3, -0.25) is 0 Å². The van der Waals surface area contributed by atoms with Crippen LogP contribution in [0.1, 0.15) is 57.4 Å². The molecule has 0 saturated carbocycles. The maximum Gasteiger partial charge on any atom is 0.0406 e. The molecule has 0 radical (unpaired) electrons. The van der Waals surface area contributed by atoms with E-state index in [4.69, 9.17) is 11.6 Å². The Hall–Kier alpha value is -1.61. The lowest BCUT2D eigenvalue weighted by molar-refractivity contribution is 0.701. The molecule has 1 nitrogen and oxygen atoms in total. The normalized spacial score (nSPS) is 9.75. The maximum atomic E-state index is 5.92. The molecule has 0 saturated heterocycles. The minimum absolute atomic E-state index is 0.778. The van der Waals surface area contributed by atoms with Gasteiger partial charge in [0.25, 0.3) is 0 Å². The number of nitrogens with one attached hydrogen (secondary N) is 1. The van der Waals surface area contributed by atoms with Crippen molar-refractivity contribution < 1.29 is 0 Å². The van der Waals surface area contributed by atoms with Crippen LogP contribution in [0, 0.1) is 0 Å². The first kappa shape index (κ1) is 24.4. The van der Waals surface area contributed by atoms with Gasteiger partial charge in [-0.25, -0.2) is 0 Å². The number of unbranched alkanes of at least 4 members (excludes halogenated alkanes) is 1. The lowest BCUT2D eigenvalue weighted by Gasteiger charge is -2.03. The van der Waals surface area contributed by atoms with Gasteiger partial charge in [0.1, 0.15) is 0 Å². The van der Waals surface area contributed by atoms with E-state index in [0.29, 0.717) is 0 Å². The van der Waals surface area contributed by atoms with E-state index in [0.717, 1.165) is 18.1 Å². The Morgan fingerprint density at radius 2 is 1.36 bits per heavy atom. The molecule has 2 aromatic carbocycles. The molecule has 3 aromatic rings. The summed E-state index contributed by atoms with van der Waals surface area (Å²) in [5.41, 5.74) is 2.53. The molecule has 3 heteroatoms. The summed E-state index contributed by atoms with van der Waals surface area (Å²) < 4.78 is 0. The first-order valence-electron chi connectivity index (χ1n) is 10.2. The van der Waals surface area contributed by atoms with Crippen LogP contribution in [0.3, 0.4) is 0 Å². The number of rotatable bonds is 6. The van der Waals surface area contributed by atoms with E-state index in [-0.39, 0.29) is 0 Å². The first-order valence-corrected chi connectivity index (χ1v) is 11.4. The highest BCUT2D eigenvalue weighted by Gasteiger charge is 2.03. The Morgan fingerprint density at radius 1 is 0.750 bits per heavy atom. The monoisotopic (exact) mass is 415 g/mol. The molecule has 0 fully saturated rings. The molecule has 0 aliphatic carbocycles. The quantitative estimate of drug-likeness (QED) is 0.425. The second kappa shape index (κ2) is 15.3. The molecule has 0 spiro atoms. The van der Waals surface area contributed by atoms with Crippen molar-refractivity contribution >= 4 is 22.9 Å². The van der Waals surface area contributed by atoms with Gasteiger partial charge in [-0.1, -0.05) is 101 Å². The van der Waals surface area contributed by atoms with E-state index in [2.05, 4.69) is 81.5 Å². The van der Waals surface area contributed by atoms with Crippen LogP contribution in [0.15, 0.2) is 66.7 Å². The molecular formula is C25H34ClNS. The van der Waals surface area contributed by atoms with E-state index in [1.807, 2.05) is 29.5 Å². The average Bonchev–Trinajstić information content (AvgIpc) is 3.19. The second-order valence-corrected chi connectivity index (χ2v) is 8.17. The van der Waals surface area contributed by atoms with Crippen molar-refractivity contribution in [3.63, 3.8) is 0 Å². The van der Waals surface area contributed by atoms with Crippen LogP contribution in [0.2, 0.25) is 5.02 Å². The molecule has 1 N–H and O–H groups in total. The van der Waals surface area contributed by atoms with Gasteiger partial charge in [-0.15, -0.1) is 11.3 Å². The van der Waals surface area contributed by atoms with Gasteiger partial charge in [0.05, 0.1) is 0 Å². The Morgan fingerprint density at radius 3 is 1.93 bits per heavy atom. The predicted molar refractivity (Wildman–Crippen MR) is 128 cm³/mol. The fourth-order valence-electron chi connectivity index (χ4n) is 2.17. The summed E-state index contributed by atoms with van der Waals surface area (Å²) in [6, 6.07) is 22.8.